The maximum Gasteiger partial charge on any atom is 0.331 e. The summed E-state index contributed by atoms with van der Waals surface area (Å²) in [7, 11) is 1.49. The molecule has 0 aliphatic heterocycles. The maximum atomic E-state index is 12.6. The molecule has 0 amide bonds. The molecule has 1 aromatic carbocycles. The first-order valence-electron chi connectivity index (χ1n) is 10.5. The number of ether oxygens (including phenoxy) is 3. The fourth-order valence-electron chi connectivity index (χ4n) is 3.26. The van der Waals surface area contributed by atoms with Crippen LogP contribution >= 0.6 is 0 Å². The van der Waals surface area contributed by atoms with Crippen LogP contribution in [-0.2, 0) is 16.1 Å². The second kappa shape index (κ2) is 11.8. The minimum Gasteiger partial charge on any atom is -0.493 e. The third kappa shape index (κ3) is 6.74. The summed E-state index contributed by atoms with van der Waals surface area (Å²) in [6, 6.07) is 8.79. The van der Waals surface area contributed by atoms with Crippen LogP contribution in [0.5, 0.6) is 11.5 Å². The monoisotopic (exact) mass is 438 g/mol. The van der Waals surface area contributed by atoms with E-state index in [2.05, 4.69) is 18.4 Å². The second-order valence-corrected chi connectivity index (χ2v) is 7.84. The van der Waals surface area contributed by atoms with Crippen LogP contribution in [0.25, 0.3) is 6.08 Å². The van der Waals surface area contributed by atoms with E-state index >= 15 is 0 Å². The van der Waals surface area contributed by atoms with E-state index in [9.17, 15) is 9.59 Å². The number of methoxy groups -OCH3 is 1. The van der Waals surface area contributed by atoms with E-state index in [1.807, 2.05) is 26.0 Å². The molecule has 170 valence electrons. The fourth-order valence-corrected chi connectivity index (χ4v) is 3.26. The number of nitrogens with zero attached hydrogens (tertiary/aromatic N) is 2. The van der Waals surface area contributed by atoms with Gasteiger partial charge in [-0.25, -0.2) is 4.79 Å². The van der Waals surface area contributed by atoms with Gasteiger partial charge >= 0.3 is 5.97 Å². The van der Waals surface area contributed by atoms with Crippen LogP contribution < -0.4 is 9.47 Å². The summed E-state index contributed by atoms with van der Waals surface area (Å²) in [5, 5.41) is 8.62. The summed E-state index contributed by atoms with van der Waals surface area (Å²) in [6.45, 7) is 8.67. The normalized spacial score (nSPS) is 10.9. The number of hydrogen-bond acceptors (Lipinski definition) is 6. The molecule has 0 fully saturated rings. The van der Waals surface area contributed by atoms with Gasteiger partial charge in [0, 0.05) is 29.6 Å². The van der Waals surface area contributed by atoms with Gasteiger partial charge in [-0.15, -0.1) is 0 Å². The number of aryl methyl sites for hydroxylation is 1. The highest BCUT2D eigenvalue weighted by molar-refractivity contribution is 6.00. The van der Waals surface area contributed by atoms with Gasteiger partial charge in [-0.2, -0.15) is 5.26 Å². The van der Waals surface area contributed by atoms with E-state index in [4.69, 9.17) is 19.5 Å². The van der Waals surface area contributed by atoms with E-state index in [0.29, 0.717) is 28.5 Å². The zero-order valence-electron chi connectivity index (χ0n) is 19.3. The highest BCUT2D eigenvalue weighted by atomic mass is 16.5. The van der Waals surface area contributed by atoms with Crippen LogP contribution in [0.15, 0.2) is 30.3 Å². The molecule has 1 aromatic heterocycles. The third-order valence-corrected chi connectivity index (χ3v) is 5.04. The number of hydrogen-bond donors (Lipinski definition) is 0. The molecule has 0 saturated carbocycles. The molecule has 2 rings (SSSR count). The van der Waals surface area contributed by atoms with Crippen LogP contribution in [0.3, 0.4) is 0 Å². The van der Waals surface area contributed by atoms with Crippen LogP contribution in [0.1, 0.15) is 47.6 Å². The molecule has 0 spiro atoms. The number of nitriles is 1. The molecule has 0 aliphatic carbocycles. The Morgan fingerprint density at radius 3 is 2.59 bits per heavy atom. The highest BCUT2D eigenvalue weighted by Crippen LogP contribution is 2.28. The van der Waals surface area contributed by atoms with Crippen LogP contribution in [0, 0.1) is 31.1 Å². The molecule has 0 atom stereocenters. The molecule has 0 radical (unpaired) electrons. The Balaban J connectivity index is 1.97. The van der Waals surface area contributed by atoms with Crippen molar-refractivity contribution in [2.24, 2.45) is 5.92 Å². The Labute approximate surface area is 189 Å². The topological polar surface area (TPSA) is 90.6 Å². The summed E-state index contributed by atoms with van der Waals surface area (Å²) < 4.78 is 17.8. The van der Waals surface area contributed by atoms with Crippen molar-refractivity contribution < 1.29 is 23.8 Å². The lowest BCUT2D eigenvalue weighted by molar-refractivity contribution is -0.136. The van der Waals surface area contributed by atoms with Gasteiger partial charge in [0.1, 0.15) is 6.07 Å². The molecule has 7 nitrogen and oxygen atoms in total. The Hall–Kier alpha value is -3.53. The average Bonchev–Trinajstić information content (AvgIpc) is 3.06. The molecule has 7 heteroatoms. The second-order valence-electron chi connectivity index (χ2n) is 7.84. The first kappa shape index (κ1) is 24.7. The quantitative estimate of drug-likeness (QED) is 0.291. The van der Waals surface area contributed by atoms with E-state index in [0.717, 1.165) is 24.4 Å². The Morgan fingerprint density at radius 1 is 1.19 bits per heavy atom. The van der Waals surface area contributed by atoms with Crippen molar-refractivity contribution in [3.05, 3.63) is 52.9 Å². The predicted molar refractivity (Wildman–Crippen MR) is 122 cm³/mol. The number of esters is 1. The van der Waals surface area contributed by atoms with Gasteiger partial charge in [0.25, 0.3) is 0 Å². The zero-order chi connectivity index (χ0) is 23.7. The number of benzene rings is 1. The average molecular weight is 439 g/mol. The Morgan fingerprint density at radius 2 is 1.94 bits per heavy atom. The molecule has 0 unspecified atom stereocenters. The minimum absolute atomic E-state index is 0.0913. The van der Waals surface area contributed by atoms with Crippen LogP contribution in [0.4, 0.5) is 0 Å². The molecule has 0 saturated heterocycles. The van der Waals surface area contributed by atoms with Crippen molar-refractivity contribution in [1.29, 1.82) is 5.26 Å². The molecule has 32 heavy (non-hydrogen) atoms. The molecule has 0 aliphatic rings. The number of aromatic nitrogens is 1. The van der Waals surface area contributed by atoms with Gasteiger partial charge in [0.05, 0.1) is 7.11 Å². The summed E-state index contributed by atoms with van der Waals surface area (Å²) in [6.07, 6.45) is 3.84. The van der Waals surface area contributed by atoms with Gasteiger partial charge in [0.2, 0.25) is 5.78 Å². The summed E-state index contributed by atoms with van der Waals surface area (Å²) in [5.74, 6) is 0.612. The third-order valence-electron chi connectivity index (χ3n) is 5.04. The molecule has 0 bridgehead atoms. The molecule has 1 heterocycles. The lowest BCUT2D eigenvalue weighted by Crippen LogP contribution is -2.14. The summed E-state index contributed by atoms with van der Waals surface area (Å²) in [5.41, 5.74) is 3.18. The highest BCUT2D eigenvalue weighted by Gasteiger charge is 2.17. The van der Waals surface area contributed by atoms with E-state index in [-0.39, 0.29) is 19.0 Å². The number of carbonyl (C=O) groups is 2. The zero-order valence-corrected chi connectivity index (χ0v) is 19.3. The van der Waals surface area contributed by atoms with Gasteiger partial charge in [-0.1, -0.05) is 19.9 Å². The van der Waals surface area contributed by atoms with Gasteiger partial charge < -0.3 is 18.8 Å². The van der Waals surface area contributed by atoms with E-state index in [1.54, 1.807) is 24.3 Å². The smallest absolute Gasteiger partial charge is 0.331 e. The van der Waals surface area contributed by atoms with Gasteiger partial charge in [0.15, 0.2) is 24.7 Å². The van der Waals surface area contributed by atoms with E-state index < -0.39 is 5.97 Å². The molecular weight excluding hydrogens is 408 g/mol. The number of Topliss-reactive ketones (excluding diaryl/α,β-unsaturated/α-hetero) is 1. The number of ketones is 1. The summed E-state index contributed by atoms with van der Waals surface area (Å²) in [4.78, 5) is 24.7. The van der Waals surface area contributed by atoms with Crippen molar-refractivity contribution in [3.63, 3.8) is 0 Å². The predicted octanol–water partition coefficient (Wildman–Crippen LogP) is 4.50. The van der Waals surface area contributed by atoms with Gasteiger partial charge in [-0.3, -0.25) is 4.79 Å². The fraction of sp³-hybridized carbons (Fsp3) is 0.400. The van der Waals surface area contributed by atoms with Crippen molar-refractivity contribution in [3.8, 4) is 17.6 Å². The van der Waals surface area contributed by atoms with Gasteiger partial charge in [-0.05, 0) is 56.0 Å². The summed E-state index contributed by atoms with van der Waals surface area (Å²) >= 11 is 0. The van der Waals surface area contributed by atoms with Crippen molar-refractivity contribution in [1.82, 2.24) is 4.57 Å². The van der Waals surface area contributed by atoms with Crippen LogP contribution in [-0.4, -0.2) is 36.6 Å². The first-order valence-corrected chi connectivity index (χ1v) is 10.5. The SMILES string of the molecule is COc1cc(/C=C/C(=O)OCC(=O)c2cc(C)n(CCC(C)C)c2C)ccc1OCC#N. The minimum atomic E-state index is -0.615. The Bertz CT molecular complexity index is 1030. The largest absolute Gasteiger partial charge is 0.493 e. The molecule has 2 aromatic rings. The van der Waals surface area contributed by atoms with Crippen molar-refractivity contribution in [2.45, 2.75) is 40.7 Å². The standard InChI is InChI=1S/C25H30N2O5/c1-17(2)10-12-27-18(3)14-21(19(27)4)22(28)16-32-25(29)9-7-20-6-8-23(31-13-11-26)24(15-20)30-5/h6-9,14-15,17H,10,12-13,16H2,1-5H3/b9-7+. The molecular formula is C25H30N2O5. The van der Waals surface area contributed by atoms with Crippen molar-refractivity contribution in [2.75, 3.05) is 20.3 Å². The van der Waals surface area contributed by atoms with Crippen molar-refractivity contribution >= 4 is 17.8 Å². The lowest BCUT2D eigenvalue weighted by atomic mass is 10.1. The van der Waals surface area contributed by atoms with Crippen LogP contribution in [0.2, 0.25) is 0 Å². The lowest BCUT2D eigenvalue weighted by Gasteiger charge is -2.11. The Kier molecular flexibility index (Phi) is 9.08. The number of carbonyl (C=O) groups excluding carboxylic acids is 2. The maximum absolute atomic E-state index is 12.6. The van der Waals surface area contributed by atoms with E-state index in [1.165, 1.54) is 13.2 Å². The first-order chi connectivity index (χ1) is 15.3. The number of rotatable bonds is 11. The molecule has 0 N–H and O–H groups in total.